The standard InChI is InChI=1S/C21H32O5/c1-19-7-5-13(23)9-12(19)3-4-14-15-6-8-21(26,17(25)11-22)20(15,2)10-16(24)18(14)19/h9,14-18,22,24-26H,3-8,10-11H2,1-2H3/t14-,15-,16-,17+,18+,19-,20+,21-/m1/s1. The fourth-order valence-electron chi connectivity index (χ4n) is 7.42. The molecule has 0 aromatic rings. The van der Waals surface area contributed by atoms with Crippen LogP contribution < -0.4 is 0 Å². The van der Waals surface area contributed by atoms with Crippen molar-refractivity contribution in [3.05, 3.63) is 11.6 Å². The second-order valence-corrected chi connectivity index (χ2v) is 9.74. The molecule has 4 aliphatic carbocycles. The van der Waals surface area contributed by atoms with Gasteiger partial charge in [0.2, 0.25) is 0 Å². The zero-order valence-corrected chi connectivity index (χ0v) is 15.8. The van der Waals surface area contributed by atoms with E-state index in [1.807, 2.05) is 13.0 Å². The molecule has 0 spiro atoms. The van der Waals surface area contributed by atoms with Crippen LogP contribution in [-0.4, -0.2) is 50.6 Å². The molecule has 3 fully saturated rings. The average Bonchev–Trinajstić information content (AvgIpc) is 2.86. The summed E-state index contributed by atoms with van der Waals surface area (Å²) in [5.41, 5.74) is -0.898. The molecule has 0 radical (unpaired) electrons. The van der Waals surface area contributed by atoms with Crippen molar-refractivity contribution in [2.45, 2.75) is 76.6 Å². The molecule has 5 heteroatoms. The highest BCUT2D eigenvalue weighted by molar-refractivity contribution is 5.91. The third kappa shape index (κ3) is 2.20. The minimum absolute atomic E-state index is 0.0993. The molecule has 3 saturated carbocycles. The lowest BCUT2D eigenvalue weighted by Crippen LogP contribution is -2.63. The highest BCUT2D eigenvalue weighted by atomic mass is 16.4. The number of allylic oxidation sites excluding steroid dienone is 1. The van der Waals surface area contributed by atoms with E-state index in [9.17, 15) is 25.2 Å². The predicted molar refractivity (Wildman–Crippen MR) is 96.1 cm³/mol. The van der Waals surface area contributed by atoms with Gasteiger partial charge in [0, 0.05) is 11.8 Å². The van der Waals surface area contributed by atoms with Gasteiger partial charge in [-0.25, -0.2) is 0 Å². The molecule has 26 heavy (non-hydrogen) atoms. The Morgan fingerprint density at radius 1 is 1.23 bits per heavy atom. The van der Waals surface area contributed by atoms with Gasteiger partial charge in [-0.1, -0.05) is 19.4 Å². The Morgan fingerprint density at radius 3 is 2.65 bits per heavy atom. The largest absolute Gasteiger partial charge is 0.394 e. The smallest absolute Gasteiger partial charge is 0.155 e. The number of hydrogen-bond donors (Lipinski definition) is 4. The molecule has 0 bridgehead atoms. The second kappa shape index (κ2) is 5.87. The Hall–Kier alpha value is -0.750. The summed E-state index contributed by atoms with van der Waals surface area (Å²) >= 11 is 0. The molecule has 0 heterocycles. The SMILES string of the molecule is C[C@]12C[C@@H](O)[C@@H]3[C@H](CCC4=CC(=O)CC[C@]43C)[C@H]1CC[C@@]2(O)[C@@H](O)CO. The van der Waals surface area contributed by atoms with Crippen molar-refractivity contribution < 1.29 is 25.2 Å². The summed E-state index contributed by atoms with van der Waals surface area (Å²) in [4.78, 5) is 11.9. The lowest BCUT2D eigenvalue weighted by Gasteiger charge is -2.61. The molecule has 0 unspecified atom stereocenters. The summed E-state index contributed by atoms with van der Waals surface area (Å²) in [5, 5.41) is 42.3. The molecule has 0 amide bonds. The maximum atomic E-state index is 11.9. The van der Waals surface area contributed by atoms with Crippen molar-refractivity contribution in [1.82, 2.24) is 0 Å². The van der Waals surface area contributed by atoms with Gasteiger partial charge in [-0.15, -0.1) is 0 Å². The summed E-state index contributed by atoms with van der Waals surface area (Å²) < 4.78 is 0. The first-order valence-electron chi connectivity index (χ1n) is 10.1. The zero-order chi connectivity index (χ0) is 18.9. The number of aliphatic hydroxyl groups is 4. The first-order chi connectivity index (χ1) is 12.2. The molecule has 8 atom stereocenters. The molecule has 4 rings (SSSR count). The maximum Gasteiger partial charge on any atom is 0.155 e. The van der Waals surface area contributed by atoms with E-state index in [1.165, 1.54) is 5.57 Å². The van der Waals surface area contributed by atoms with Gasteiger partial charge in [-0.3, -0.25) is 4.79 Å². The second-order valence-electron chi connectivity index (χ2n) is 9.74. The highest BCUT2D eigenvalue weighted by Crippen LogP contribution is 2.67. The van der Waals surface area contributed by atoms with Gasteiger partial charge in [0.1, 0.15) is 6.10 Å². The van der Waals surface area contributed by atoms with E-state index >= 15 is 0 Å². The Kier molecular flexibility index (Phi) is 4.20. The van der Waals surface area contributed by atoms with Crippen molar-refractivity contribution in [2.75, 3.05) is 6.61 Å². The third-order valence-corrected chi connectivity index (χ3v) is 8.84. The molecule has 0 saturated heterocycles. The van der Waals surface area contributed by atoms with Crippen LogP contribution in [0.2, 0.25) is 0 Å². The Morgan fingerprint density at radius 2 is 1.96 bits per heavy atom. The third-order valence-electron chi connectivity index (χ3n) is 8.84. The molecule has 0 aromatic heterocycles. The van der Waals surface area contributed by atoms with Crippen LogP contribution in [0, 0.1) is 28.6 Å². The molecular formula is C21H32O5. The first kappa shape index (κ1) is 18.6. The van der Waals surface area contributed by atoms with Gasteiger partial charge in [-0.05, 0) is 67.8 Å². The van der Waals surface area contributed by atoms with Crippen LogP contribution in [0.3, 0.4) is 0 Å². The number of fused-ring (bicyclic) bond motifs is 5. The van der Waals surface area contributed by atoms with Crippen LogP contribution in [0.15, 0.2) is 11.6 Å². The fraction of sp³-hybridized carbons (Fsp3) is 0.857. The molecule has 4 aliphatic rings. The lowest BCUT2D eigenvalue weighted by molar-refractivity contribution is -0.207. The van der Waals surface area contributed by atoms with Crippen molar-refractivity contribution in [3.8, 4) is 0 Å². The van der Waals surface area contributed by atoms with Gasteiger partial charge in [0.15, 0.2) is 5.78 Å². The number of rotatable bonds is 2. The monoisotopic (exact) mass is 364 g/mol. The molecule has 0 aliphatic heterocycles. The van der Waals surface area contributed by atoms with E-state index in [0.29, 0.717) is 19.3 Å². The minimum Gasteiger partial charge on any atom is -0.394 e. The number of hydrogen-bond acceptors (Lipinski definition) is 5. The summed E-state index contributed by atoms with van der Waals surface area (Å²) in [5.74, 6) is 0.798. The van der Waals surface area contributed by atoms with Crippen LogP contribution in [0.5, 0.6) is 0 Å². The quantitative estimate of drug-likeness (QED) is 0.596. The van der Waals surface area contributed by atoms with Crippen molar-refractivity contribution in [2.24, 2.45) is 28.6 Å². The summed E-state index contributed by atoms with van der Waals surface area (Å²) in [7, 11) is 0. The van der Waals surface area contributed by atoms with E-state index in [-0.39, 0.29) is 29.0 Å². The molecule has 0 aromatic carbocycles. The van der Waals surface area contributed by atoms with Gasteiger partial charge >= 0.3 is 0 Å². The maximum absolute atomic E-state index is 11.9. The molecule has 146 valence electrons. The summed E-state index contributed by atoms with van der Waals surface area (Å²) in [6.45, 7) is 3.73. The van der Waals surface area contributed by atoms with E-state index in [1.54, 1.807) is 0 Å². The summed E-state index contributed by atoms with van der Waals surface area (Å²) in [6.07, 6.45) is 4.92. The van der Waals surface area contributed by atoms with Crippen molar-refractivity contribution in [1.29, 1.82) is 0 Å². The van der Waals surface area contributed by atoms with Crippen molar-refractivity contribution >= 4 is 5.78 Å². The zero-order valence-electron chi connectivity index (χ0n) is 15.8. The Bertz CT molecular complexity index is 644. The summed E-state index contributed by atoms with van der Waals surface area (Å²) in [6, 6.07) is 0. The van der Waals surface area contributed by atoms with Gasteiger partial charge in [0.25, 0.3) is 0 Å². The first-order valence-corrected chi connectivity index (χ1v) is 10.1. The Balaban J connectivity index is 1.72. The number of carbonyl (C=O) groups excluding carboxylic acids is 1. The van der Waals surface area contributed by atoms with E-state index < -0.39 is 29.8 Å². The van der Waals surface area contributed by atoms with Crippen molar-refractivity contribution in [3.63, 3.8) is 0 Å². The van der Waals surface area contributed by atoms with E-state index in [4.69, 9.17) is 0 Å². The van der Waals surface area contributed by atoms with Crippen LogP contribution in [0.4, 0.5) is 0 Å². The topological polar surface area (TPSA) is 98.0 Å². The average molecular weight is 364 g/mol. The molecule has 4 N–H and O–H groups in total. The van der Waals surface area contributed by atoms with Crippen LogP contribution in [-0.2, 0) is 4.79 Å². The van der Waals surface area contributed by atoms with E-state index in [2.05, 4.69) is 6.92 Å². The lowest BCUT2D eigenvalue weighted by atomic mass is 9.45. The van der Waals surface area contributed by atoms with Gasteiger partial charge < -0.3 is 20.4 Å². The number of ketones is 1. The van der Waals surface area contributed by atoms with Crippen LogP contribution in [0.1, 0.15) is 58.8 Å². The molecule has 5 nitrogen and oxygen atoms in total. The normalized spacial score (nSPS) is 51.9. The molecular weight excluding hydrogens is 332 g/mol. The van der Waals surface area contributed by atoms with E-state index in [0.717, 1.165) is 25.7 Å². The predicted octanol–water partition coefficient (Wildman–Crippen LogP) is 1.57. The fourth-order valence-corrected chi connectivity index (χ4v) is 7.42. The van der Waals surface area contributed by atoms with Crippen LogP contribution in [0.25, 0.3) is 0 Å². The van der Waals surface area contributed by atoms with Gasteiger partial charge in [-0.2, -0.15) is 0 Å². The Labute approximate surface area is 155 Å². The van der Waals surface area contributed by atoms with Crippen LogP contribution >= 0.6 is 0 Å². The minimum atomic E-state index is -1.35. The number of carbonyl (C=O) groups is 1. The number of aliphatic hydroxyl groups excluding tert-OH is 3. The van der Waals surface area contributed by atoms with Gasteiger partial charge in [0.05, 0.1) is 18.3 Å². The highest BCUT2D eigenvalue weighted by Gasteiger charge is 2.67.